The lowest BCUT2D eigenvalue weighted by atomic mass is 10.2. The minimum absolute atomic E-state index is 0.0972. The van der Waals surface area contributed by atoms with E-state index in [9.17, 15) is 18.0 Å². The third-order valence-electron chi connectivity index (χ3n) is 2.65. The molecule has 21 heavy (non-hydrogen) atoms. The zero-order chi connectivity index (χ0) is 15.8. The molecule has 0 atom stereocenters. The summed E-state index contributed by atoms with van der Waals surface area (Å²) in [5, 5.41) is 12.4. The largest absolute Gasteiger partial charge is 0.496 e. The van der Waals surface area contributed by atoms with E-state index in [1.807, 2.05) is 22.6 Å². The van der Waals surface area contributed by atoms with Crippen LogP contribution < -0.4 is 4.74 Å². The quantitative estimate of drug-likeness (QED) is 0.787. The Labute approximate surface area is 130 Å². The first-order valence-corrected chi connectivity index (χ1v) is 6.56. The van der Waals surface area contributed by atoms with Gasteiger partial charge in [-0.3, -0.25) is 0 Å². The topological polar surface area (TPSA) is 64.4 Å². The van der Waals surface area contributed by atoms with Gasteiger partial charge in [-0.1, -0.05) is 0 Å². The molecule has 1 aromatic carbocycles. The van der Waals surface area contributed by atoms with Gasteiger partial charge in [0, 0.05) is 0 Å². The number of ether oxygens (including phenoxy) is 1. The van der Waals surface area contributed by atoms with Crippen LogP contribution in [0.1, 0.15) is 16.1 Å². The van der Waals surface area contributed by atoms with Crippen molar-refractivity contribution >= 4 is 28.6 Å². The van der Waals surface area contributed by atoms with E-state index in [4.69, 9.17) is 9.84 Å². The number of halogens is 4. The van der Waals surface area contributed by atoms with E-state index < -0.39 is 23.4 Å². The molecular weight excluding hydrogens is 404 g/mol. The molecule has 0 radical (unpaired) electrons. The summed E-state index contributed by atoms with van der Waals surface area (Å²) >= 11 is 1.90. The highest BCUT2D eigenvalue weighted by molar-refractivity contribution is 14.1. The maximum Gasteiger partial charge on any atom is 0.434 e. The summed E-state index contributed by atoms with van der Waals surface area (Å²) < 4.78 is 45.4. The zero-order valence-corrected chi connectivity index (χ0v) is 12.6. The molecule has 5 nitrogen and oxygen atoms in total. The molecule has 1 aromatic heterocycles. The van der Waals surface area contributed by atoms with Gasteiger partial charge in [0.25, 0.3) is 0 Å². The fraction of sp³-hybridized carbons (Fsp3) is 0.167. The highest BCUT2D eigenvalue weighted by atomic mass is 127. The smallest absolute Gasteiger partial charge is 0.434 e. The number of carbonyl (C=O) groups is 1. The van der Waals surface area contributed by atoms with Gasteiger partial charge in [-0.25, -0.2) is 9.48 Å². The number of carboxylic acid groups (broad SMARTS) is 1. The van der Waals surface area contributed by atoms with Crippen LogP contribution in [0, 0.1) is 3.57 Å². The van der Waals surface area contributed by atoms with Crippen LogP contribution in [0.4, 0.5) is 13.2 Å². The first-order chi connectivity index (χ1) is 9.75. The van der Waals surface area contributed by atoms with Gasteiger partial charge in [-0.2, -0.15) is 18.3 Å². The zero-order valence-electron chi connectivity index (χ0n) is 10.5. The summed E-state index contributed by atoms with van der Waals surface area (Å²) in [5.41, 5.74) is -2.12. The van der Waals surface area contributed by atoms with Crippen molar-refractivity contribution in [2.24, 2.45) is 0 Å². The Hall–Kier alpha value is -1.78. The van der Waals surface area contributed by atoms with Gasteiger partial charge in [0.2, 0.25) is 0 Å². The van der Waals surface area contributed by atoms with Gasteiger partial charge in [0.05, 0.1) is 22.6 Å². The van der Waals surface area contributed by atoms with Gasteiger partial charge >= 0.3 is 12.1 Å². The van der Waals surface area contributed by atoms with Gasteiger partial charge in [-0.05, 0) is 40.8 Å². The molecule has 0 fully saturated rings. The normalized spacial score (nSPS) is 11.5. The van der Waals surface area contributed by atoms with E-state index >= 15 is 0 Å². The average Bonchev–Trinajstić information content (AvgIpc) is 2.83. The maximum absolute atomic E-state index is 13.1. The lowest BCUT2D eigenvalue weighted by Gasteiger charge is -2.12. The summed E-state index contributed by atoms with van der Waals surface area (Å²) in [7, 11) is 1.44. The minimum Gasteiger partial charge on any atom is -0.496 e. The lowest BCUT2D eigenvalue weighted by Crippen LogP contribution is -2.17. The van der Waals surface area contributed by atoms with Crippen molar-refractivity contribution in [1.29, 1.82) is 0 Å². The van der Waals surface area contributed by atoms with Crippen LogP contribution in [-0.2, 0) is 6.18 Å². The van der Waals surface area contributed by atoms with Crippen LogP contribution in [0.2, 0.25) is 0 Å². The second-order valence-electron chi connectivity index (χ2n) is 3.94. The number of benzene rings is 1. The number of hydrogen-bond donors (Lipinski definition) is 1. The van der Waals surface area contributed by atoms with Gasteiger partial charge in [0.1, 0.15) is 11.3 Å². The second kappa shape index (κ2) is 5.54. The van der Waals surface area contributed by atoms with E-state index in [0.29, 0.717) is 20.2 Å². The second-order valence-corrected chi connectivity index (χ2v) is 5.10. The Kier molecular flexibility index (Phi) is 4.12. The fourth-order valence-corrected chi connectivity index (χ4v) is 2.48. The minimum atomic E-state index is -4.84. The standard InChI is InChI=1S/C12H8F3IN2O3/c1-21-9-3-2-6(4-8(9)16)18-10(12(13,14)15)7(5-17-18)11(19)20/h2-5H,1H3,(H,19,20). The first-order valence-electron chi connectivity index (χ1n) is 5.48. The van der Waals surface area contributed by atoms with Crippen molar-refractivity contribution in [1.82, 2.24) is 9.78 Å². The molecule has 1 N–H and O–H groups in total. The van der Waals surface area contributed by atoms with Gasteiger partial charge < -0.3 is 9.84 Å². The monoisotopic (exact) mass is 412 g/mol. The maximum atomic E-state index is 13.1. The van der Waals surface area contributed by atoms with E-state index in [0.717, 1.165) is 0 Å². The number of hydrogen-bond acceptors (Lipinski definition) is 3. The molecule has 0 spiro atoms. The highest BCUT2D eigenvalue weighted by Crippen LogP contribution is 2.34. The molecular formula is C12H8F3IN2O3. The molecule has 1 heterocycles. The molecule has 2 rings (SSSR count). The summed E-state index contributed by atoms with van der Waals surface area (Å²) in [6.07, 6.45) is -4.15. The number of alkyl halides is 3. The Bertz CT molecular complexity index is 698. The molecule has 0 saturated heterocycles. The SMILES string of the molecule is COc1ccc(-n2ncc(C(=O)O)c2C(F)(F)F)cc1I. The summed E-state index contributed by atoms with van der Waals surface area (Å²) in [6, 6.07) is 4.28. The van der Waals surface area contributed by atoms with Crippen molar-refractivity contribution in [2.45, 2.75) is 6.18 Å². The summed E-state index contributed by atoms with van der Waals surface area (Å²) in [6.45, 7) is 0. The fourth-order valence-electron chi connectivity index (χ4n) is 1.76. The van der Waals surface area contributed by atoms with Crippen LogP contribution in [-0.4, -0.2) is 28.0 Å². The van der Waals surface area contributed by atoms with Crippen molar-refractivity contribution < 1.29 is 27.8 Å². The van der Waals surface area contributed by atoms with Crippen LogP contribution in [0.25, 0.3) is 5.69 Å². The molecule has 0 aliphatic rings. The van der Waals surface area contributed by atoms with Crippen LogP contribution in [0.5, 0.6) is 5.75 Å². The molecule has 0 aliphatic heterocycles. The van der Waals surface area contributed by atoms with E-state index in [-0.39, 0.29) is 5.69 Å². The predicted octanol–water partition coefficient (Wildman–Crippen LogP) is 3.20. The molecule has 9 heteroatoms. The number of aromatic carboxylic acids is 1. The average molecular weight is 412 g/mol. The Morgan fingerprint density at radius 2 is 2.10 bits per heavy atom. The number of carboxylic acids is 1. The number of aromatic nitrogens is 2. The molecule has 0 amide bonds. The third kappa shape index (κ3) is 2.96. The molecule has 112 valence electrons. The first kappa shape index (κ1) is 15.6. The van der Waals surface area contributed by atoms with Crippen molar-refractivity contribution in [3.8, 4) is 11.4 Å². The van der Waals surface area contributed by atoms with Gasteiger partial charge in [0.15, 0.2) is 5.69 Å². The number of nitrogens with zero attached hydrogens (tertiary/aromatic N) is 2. The van der Waals surface area contributed by atoms with Gasteiger partial charge in [-0.15, -0.1) is 0 Å². The predicted molar refractivity (Wildman–Crippen MR) is 74.8 cm³/mol. The van der Waals surface area contributed by atoms with Crippen molar-refractivity contribution in [2.75, 3.05) is 7.11 Å². The molecule has 0 aliphatic carbocycles. The lowest BCUT2D eigenvalue weighted by molar-refractivity contribution is -0.143. The number of rotatable bonds is 3. The number of methoxy groups -OCH3 is 1. The van der Waals surface area contributed by atoms with Crippen LogP contribution in [0.3, 0.4) is 0 Å². The Balaban J connectivity index is 2.65. The summed E-state index contributed by atoms with van der Waals surface area (Å²) in [4.78, 5) is 10.9. The van der Waals surface area contributed by atoms with E-state index in [1.54, 1.807) is 0 Å². The van der Waals surface area contributed by atoms with Crippen molar-refractivity contribution in [3.63, 3.8) is 0 Å². The highest BCUT2D eigenvalue weighted by Gasteiger charge is 2.40. The Morgan fingerprint density at radius 1 is 1.43 bits per heavy atom. The Morgan fingerprint density at radius 3 is 2.57 bits per heavy atom. The molecule has 0 bridgehead atoms. The molecule has 0 unspecified atom stereocenters. The van der Waals surface area contributed by atoms with E-state index in [1.165, 1.54) is 25.3 Å². The molecule has 2 aromatic rings. The van der Waals surface area contributed by atoms with E-state index in [2.05, 4.69) is 5.10 Å². The third-order valence-corrected chi connectivity index (χ3v) is 3.49. The van der Waals surface area contributed by atoms with Crippen LogP contribution in [0.15, 0.2) is 24.4 Å². The summed E-state index contributed by atoms with van der Waals surface area (Å²) in [5.74, 6) is -1.18. The van der Waals surface area contributed by atoms with Crippen LogP contribution >= 0.6 is 22.6 Å². The van der Waals surface area contributed by atoms with Crippen molar-refractivity contribution in [3.05, 3.63) is 39.2 Å². The molecule has 0 saturated carbocycles.